The lowest BCUT2D eigenvalue weighted by Crippen LogP contribution is -2.55. The molecule has 2 rings (SSSR count). The first-order chi connectivity index (χ1) is 8.65. The van der Waals surface area contributed by atoms with Crippen molar-refractivity contribution in [1.29, 1.82) is 0 Å². The molecule has 0 spiro atoms. The molecule has 0 aromatic carbocycles. The molecule has 1 aromatic heterocycles. The lowest BCUT2D eigenvalue weighted by atomic mass is 10.1. The average molecular weight is 269 g/mol. The molecule has 102 valence electrons. The summed E-state index contributed by atoms with van der Waals surface area (Å²) in [6, 6.07) is 1.22. The Morgan fingerprint density at radius 1 is 1.50 bits per heavy atom. The van der Waals surface area contributed by atoms with Gasteiger partial charge >= 0.3 is 0 Å². The molecular weight excluding hydrogens is 246 g/mol. The molecular formula is C13H23N3OS. The lowest BCUT2D eigenvalue weighted by Gasteiger charge is -2.43. The van der Waals surface area contributed by atoms with Crippen LogP contribution in [-0.4, -0.2) is 46.7 Å². The van der Waals surface area contributed by atoms with Crippen LogP contribution in [0, 0.1) is 0 Å². The minimum atomic E-state index is 0.0413. The maximum absolute atomic E-state index is 9.08. The monoisotopic (exact) mass is 269 g/mol. The Hall–Kier alpha value is -0.650. The topological polar surface area (TPSA) is 39.6 Å². The average Bonchev–Trinajstić information content (AvgIpc) is 2.86. The van der Waals surface area contributed by atoms with Crippen LogP contribution in [0.2, 0.25) is 0 Å². The predicted molar refractivity (Wildman–Crippen MR) is 76.2 cm³/mol. The van der Waals surface area contributed by atoms with Crippen LogP contribution in [0.15, 0.2) is 5.38 Å². The van der Waals surface area contributed by atoms with Crippen LogP contribution in [-0.2, 0) is 6.61 Å². The summed E-state index contributed by atoms with van der Waals surface area (Å²) >= 11 is 1.64. The molecule has 0 amide bonds. The Morgan fingerprint density at radius 2 is 2.28 bits per heavy atom. The highest BCUT2D eigenvalue weighted by Crippen LogP contribution is 2.25. The second-order valence-corrected chi connectivity index (χ2v) is 5.96. The molecule has 1 aliphatic heterocycles. The zero-order valence-electron chi connectivity index (χ0n) is 11.5. The molecule has 1 saturated heterocycles. The van der Waals surface area contributed by atoms with E-state index in [1.165, 1.54) is 6.42 Å². The maximum atomic E-state index is 9.08. The lowest BCUT2D eigenvalue weighted by molar-refractivity contribution is 0.133. The summed E-state index contributed by atoms with van der Waals surface area (Å²) in [7, 11) is 0. The maximum Gasteiger partial charge on any atom is 0.185 e. The normalized spacial score (nSPS) is 21.8. The Labute approximate surface area is 113 Å². The number of hydrogen-bond acceptors (Lipinski definition) is 5. The predicted octanol–water partition coefficient (Wildman–Crippen LogP) is 1.94. The summed E-state index contributed by atoms with van der Waals surface area (Å²) in [4.78, 5) is 9.41. The van der Waals surface area contributed by atoms with Crippen molar-refractivity contribution in [2.75, 3.05) is 24.5 Å². The zero-order valence-corrected chi connectivity index (χ0v) is 12.3. The van der Waals surface area contributed by atoms with E-state index in [0.29, 0.717) is 12.1 Å². The summed E-state index contributed by atoms with van der Waals surface area (Å²) in [5.41, 5.74) is 0.786. The summed E-state index contributed by atoms with van der Waals surface area (Å²) in [5, 5.41) is 12.1. The number of aliphatic hydroxyl groups excluding tert-OH is 1. The second kappa shape index (κ2) is 5.99. The minimum Gasteiger partial charge on any atom is -0.390 e. The smallest absolute Gasteiger partial charge is 0.185 e. The molecule has 1 fully saturated rings. The van der Waals surface area contributed by atoms with Gasteiger partial charge in [-0.25, -0.2) is 4.98 Å². The molecule has 18 heavy (non-hydrogen) atoms. The quantitative estimate of drug-likeness (QED) is 0.907. The van der Waals surface area contributed by atoms with E-state index in [-0.39, 0.29) is 6.61 Å². The second-order valence-electron chi connectivity index (χ2n) is 5.12. The number of aliphatic hydroxyl groups is 1. The van der Waals surface area contributed by atoms with Crippen molar-refractivity contribution >= 4 is 16.5 Å². The third-order valence-corrected chi connectivity index (χ3v) is 4.59. The van der Waals surface area contributed by atoms with Crippen molar-refractivity contribution < 1.29 is 5.11 Å². The van der Waals surface area contributed by atoms with Gasteiger partial charge in [-0.2, -0.15) is 0 Å². The Kier molecular flexibility index (Phi) is 4.59. The van der Waals surface area contributed by atoms with Crippen LogP contribution in [0.1, 0.15) is 32.9 Å². The van der Waals surface area contributed by atoms with E-state index in [2.05, 4.69) is 35.6 Å². The van der Waals surface area contributed by atoms with Gasteiger partial charge in [0, 0.05) is 37.1 Å². The Balaban J connectivity index is 2.05. The van der Waals surface area contributed by atoms with Gasteiger partial charge in [-0.15, -0.1) is 11.3 Å². The van der Waals surface area contributed by atoms with Gasteiger partial charge < -0.3 is 10.0 Å². The fourth-order valence-electron chi connectivity index (χ4n) is 2.60. The van der Waals surface area contributed by atoms with Gasteiger partial charge in [0.2, 0.25) is 0 Å². The molecule has 2 heterocycles. The first kappa shape index (κ1) is 13.8. The summed E-state index contributed by atoms with van der Waals surface area (Å²) in [5.74, 6) is 0. The number of thiazole rings is 1. The van der Waals surface area contributed by atoms with Gasteiger partial charge in [-0.1, -0.05) is 6.92 Å². The van der Waals surface area contributed by atoms with Crippen molar-refractivity contribution in [3.8, 4) is 0 Å². The largest absolute Gasteiger partial charge is 0.390 e. The fraction of sp³-hybridized carbons (Fsp3) is 0.769. The highest BCUT2D eigenvalue weighted by atomic mass is 32.1. The fourth-order valence-corrected chi connectivity index (χ4v) is 3.45. The molecule has 1 unspecified atom stereocenters. The number of anilines is 1. The number of nitrogens with zero attached hydrogens (tertiary/aromatic N) is 3. The van der Waals surface area contributed by atoms with Crippen LogP contribution < -0.4 is 4.90 Å². The van der Waals surface area contributed by atoms with Crippen LogP contribution in [0.25, 0.3) is 0 Å². The van der Waals surface area contributed by atoms with Crippen LogP contribution >= 0.6 is 11.3 Å². The summed E-state index contributed by atoms with van der Waals surface area (Å²) in [6.07, 6.45) is 1.17. The molecule has 1 atom stereocenters. The number of rotatable bonds is 4. The van der Waals surface area contributed by atoms with E-state index in [9.17, 15) is 0 Å². The zero-order chi connectivity index (χ0) is 13.1. The Morgan fingerprint density at radius 3 is 2.83 bits per heavy atom. The molecule has 0 saturated carbocycles. The Bertz CT molecular complexity index is 380. The number of aromatic nitrogens is 1. The summed E-state index contributed by atoms with van der Waals surface area (Å²) < 4.78 is 0. The molecule has 1 aromatic rings. The number of hydrogen-bond donors (Lipinski definition) is 1. The van der Waals surface area contributed by atoms with E-state index in [1.807, 2.05) is 5.38 Å². The van der Waals surface area contributed by atoms with Crippen LogP contribution in [0.4, 0.5) is 5.13 Å². The van der Waals surface area contributed by atoms with E-state index in [1.54, 1.807) is 11.3 Å². The minimum absolute atomic E-state index is 0.0413. The molecule has 0 bridgehead atoms. The van der Waals surface area contributed by atoms with E-state index in [4.69, 9.17) is 5.11 Å². The first-order valence-electron chi connectivity index (χ1n) is 6.71. The van der Waals surface area contributed by atoms with E-state index < -0.39 is 0 Å². The molecule has 0 aliphatic carbocycles. The van der Waals surface area contributed by atoms with Gasteiger partial charge in [0.1, 0.15) is 0 Å². The van der Waals surface area contributed by atoms with Crippen LogP contribution in [0.3, 0.4) is 0 Å². The molecule has 0 radical (unpaired) electrons. The SMILES string of the molecule is CCC1CN(c2nc(CO)cs2)CCN1C(C)C. The van der Waals surface area contributed by atoms with Crippen molar-refractivity contribution in [3.05, 3.63) is 11.1 Å². The first-order valence-corrected chi connectivity index (χ1v) is 7.59. The van der Waals surface area contributed by atoms with Gasteiger partial charge in [-0.3, -0.25) is 4.90 Å². The highest BCUT2D eigenvalue weighted by Gasteiger charge is 2.28. The van der Waals surface area contributed by atoms with Gasteiger partial charge in [0.05, 0.1) is 12.3 Å². The summed E-state index contributed by atoms with van der Waals surface area (Å²) in [6.45, 7) is 10.0. The molecule has 5 heteroatoms. The van der Waals surface area contributed by atoms with Gasteiger partial charge in [-0.05, 0) is 20.3 Å². The third kappa shape index (κ3) is 2.84. The van der Waals surface area contributed by atoms with E-state index >= 15 is 0 Å². The standard InChI is InChI=1S/C13H23N3OS/c1-4-12-7-15(5-6-16(12)10(2)3)13-14-11(8-17)9-18-13/h9-10,12,17H,4-8H2,1-3H3. The molecule has 1 aliphatic rings. The molecule has 1 N–H and O–H groups in total. The third-order valence-electron chi connectivity index (χ3n) is 3.63. The highest BCUT2D eigenvalue weighted by molar-refractivity contribution is 7.13. The van der Waals surface area contributed by atoms with E-state index in [0.717, 1.165) is 30.5 Å². The van der Waals surface area contributed by atoms with Gasteiger partial charge in [0.15, 0.2) is 5.13 Å². The van der Waals surface area contributed by atoms with Crippen LogP contribution in [0.5, 0.6) is 0 Å². The molecule has 4 nitrogen and oxygen atoms in total. The van der Waals surface area contributed by atoms with Crippen molar-refractivity contribution in [1.82, 2.24) is 9.88 Å². The van der Waals surface area contributed by atoms with Gasteiger partial charge in [0.25, 0.3) is 0 Å². The number of piperazine rings is 1. The van der Waals surface area contributed by atoms with Crippen molar-refractivity contribution in [2.45, 2.75) is 45.9 Å². The van der Waals surface area contributed by atoms with Crippen molar-refractivity contribution in [2.24, 2.45) is 0 Å². The van der Waals surface area contributed by atoms with Crippen molar-refractivity contribution in [3.63, 3.8) is 0 Å².